The van der Waals surface area contributed by atoms with E-state index in [1.54, 1.807) is 19.2 Å². The first kappa shape index (κ1) is 17.0. The Balaban J connectivity index is 1.98. The molecule has 7 heteroatoms. The minimum atomic E-state index is -0.560. The average molecular weight is 380 g/mol. The molecule has 1 aliphatic heterocycles. The Kier molecular flexibility index (Phi) is 4.02. The van der Waals surface area contributed by atoms with Crippen molar-refractivity contribution < 1.29 is 14.6 Å². The molecular formula is C20H14ClN3O3. The molecule has 3 aromatic rings. The number of benzene rings is 2. The number of aromatic nitrogens is 1. The smallest absolute Gasteiger partial charge is 0.205 e. The van der Waals surface area contributed by atoms with Crippen molar-refractivity contribution in [3.05, 3.63) is 70.2 Å². The van der Waals surface area contributed by atoms with Crippen LogP contribution >= 0.6 is 11.6 Å². The summed E-state index contributed by atoms with van der Waals surface area (Å²) in [5.41, 5.74) is 8.19. The van der Waals surface area contributed by atoms with Crippen LogP contribution in [0.5, 0.6) is 17.2 Å². The number of hydrogen-bond acceptors (Lipinski definition) is 6. The number of aromatic hydroxyl groups is 1. The van der Waals surface area contributed by atoms with Crippen molar-refractivity contribution in [3.8, 4) is 23.3 Å². The molecule has 4 rings (SSSR count). The van der Waals surface area contributed by atoms with E-state index in [2.05, 4.69) is 11.1 Å². The number of rotatable bonds is 2. The van der Waals surface area contributed by atoms with Gasteiger partial charge < -0.3 is 20.3 Å². The zero-order valence-electron chi connectivity index (χ0n) is 14.2. The van der Waals surface area contributed by atoms with Crippen LogP contribution in [0.25, 0.3) is 10.9 Å². The maximum atomic E-state index is 9.75. The first-order chi connectivity index (χ1) is 13.0. The summed E-state index contributed by atoms with van der Waals surface area (Å²) in [6.45, 7) is 0. The van der Waals surface area contributed by atoms with E-state index in [0.29, 0.717) is 28.1 Å². The molecule has 1 aromatic heterocycles. The van der Waals surface area contributed by atoms with Gasteiger partial charge in [0.05, 0.1) is 18.5 Å². The van der Waals surface area contributed by atoms with Gasteiger partial charge in [-0.25, -0.2) is 4.98 Å². The molecule has 3 N–H and O–H groups in total. The molecule has 134 valence electrons. The Labute approximate surface area is 160 Å². The number of pyridine rings is 1. The second-order valence-corrected chi connectivity index (χ2v) is 6.43. The Bertz CT molecular complexity index is 1150. The van der Waals surface area contributed by atoms with Crippen LogP contribution < -0.4 is 15.2 Å². The van der Waals surface area contributed by atoms with Gasteiger partial charge in [-0.1, -0.05) is 17.7 Å². The molecule has 0 fully saturated rings. The molecular weight excluding hydrogens is 366 g/mol. The van der Waals surface area contributed by atoms with E-state index < -0.39 is 5.92 Å². The molecule has 0 bridgehead atoms. The molecule has 0 amide bonds. The van der Waals surface area contributed by atoms with Crippen LogP contribution in [0.4, 0.5) is 0 Å². The number of phenolic OH excluding ortho intramolecular Hbond substituents is 1. The minimum absolute atomic E-state index is 0.0256. The molecule has 0 radical (unpaired) electrons. The van der Waals surface area contributed by atoms with Gasteiger partial charge in [0.25, 0.3) is 0 Å². The van der Waals surface area contributed by atoms with Gasteiger partial charge in [0.1, 0.15) is 34.0 Å². The second kappa shape index (κ2) is 6.38. The van der Waals surface area contributed by atoms with Crippen LogP contribution in [0, 0.1) is 11.3 Å². The molecule has 2 aromatic carbocycles. The van der Waals surface area contributed by atoms with Gasteiger partial charge in [0.2, 0.25) is 5.88 Å². The van der Waals surface area contributed by atoms with Crippen molar-refractivity contribution in [1.82, 2.24) is 4.98 Å². The van der Waals surface area contributed by atoms with Gasteiger partial charge in [-0.15, -0.1) is 0 Å². The Morgan fingerprint density at radius 3 is 2.78 bits per heavy atom. The lowest BCUT2D eigenvalue weighted by Gasteiger charge is -2.27. The van der Waals surface area contributed by atoms with Crippen molar-refractivity contribution in [2.45, 2.75) is 5.92 Å². The zero-order valence-corrected chi connectivity index (χ0v) is 15.0. The molecule has 1 atom stereocenters. The van der Waals surface area contributed by atoms with Crippen LogP contribution in [-0.4, -0.2) is 17.2 Å². The molecule has 1 unspecified atom stereocenters. The van der Waals surface area contributed by atoms with E-state index in [1.165, 1.54) is 12.1 Å². The maximum absolute atomic E-state index is 9.75. The van der Waals surface area contributed by atoms with Crippen molar-refractivity contribution in [3.63, 3.8) is 0 Å². The number of halogens is 1. The summed E-state index contributed by atoms with van der Waals surface area (Å²) < 4.78 is 10.8. The topological polar surface area (TPSA) is 101 Å². The van der Waals surface area contributed by atoms with E-state index >= 15 is 0 Å². The number of allylic oxidation sites excluding steroid dienone is 1. The molecule has 0 spiro atoms. The number of nitriles is 1. The summed E-state index contributed by atoms with van der Waals surface area (Å²) in [7, 11) is 1.59. The monoisotopic (exact) mass is 379 g/mol. The number of ether oxygens (including phenoxy) is 2. The highest BCUT2D eigenvalue weighted by atomic mass is 35.5. The number of fused-ring (bicyclic) bond motifs is 2. The number of nitrogens with two attached hydrogens (primary N) is 1. The third-order valence-electron chi connectivity index (χ3n) is 4.52. The highest BCUT2D eigenvalue weighted by Gasteiger charge is 2.32. The normalized spacial score (nSPS) is 15.8. The van der Waals surface area contributed by atoms with Crippen molar-refractivity contribution in [2.75, 3.05) is 7.11 Å². The van der Waals surface area contributed by atoms with Crippen molar-refractivity contribution in [2.24, 2.45) is 5.73 Å². The third kappa shape index (κ3) is 2.78. The van der Waals surface area contributed by atoms with Gasteiger partial charge in [0, 0.05) is 22.6 Å². The fraction of sp³-hybridized carbons (Fsp3) is 0.100. The lowest BCUT2D eigenvalue weighted by molar-refractivity contribution is 0.388. The third-order valence-corrected chi connectivity index (χ3v) is 4.82. The highest BCUT2D eigenvalue weighted by molar-refractivity contribution is 6.30. The summed E-state index contributed by atoms with van der Waals surface area (Å²) in [4.78, 5) is 4.46. The molecule has 2 heterocycles. The second-order valence-electron chi connectivity index (χ2n) is 6.07. The molecule has 0 aliphatic carbocycles. The summed E-state index contributed by atoms with van der Waals surface area (Å²) in [6.07, 6.45) is 0. The highest BCUT2D eigenvalue weighted by Crippen LogP contribution is 2.45. The first-order valence-corrected chi connectivity index (χ1v) is 8.44. The SMILES string of the molecule is COc1ccc2nc(Cl)c(C3C(C#N)=C(N)Oc4cc(O)ccc43)cc2c1. The van der Waals surface area contributed by atoms with Gasteiger partial charge >= 0.3 is 0 Å². The van der Waals surface area contributed by atoms with Gasteiger partial charge in [-0.05, 0) is 30.3 Å². The quantitative estimate of drug-likeness (QED) is 0.656. The number of methoxy groups -OCH3 is 1. The Morgan fingerprint density at radius 2 is 2.04 bits per heavy atom. The van der Waals surface area contributed by atoms with Gasteiger partial charge in [0.15, 0.2) is 0 Å². The lowest BCUT2D eigenvalue weighted by atomic mass is 9.84. The predicted octanol–water partition coefficient (Wildman–Crippen LogP) is 3.82. The van der Waals surface area contributed by atoms with Crippen molar-refractivity contribution >= 4 is 22.5 Å². The predicted molar refractivity (Wildman–Crippen MR) is 101 cm³/mol. The van der Waals surface area contributed by atoms with Crippen molar-refractivity contribution in [1.29, 1.82) is 5.26 Å². The fourth-order valence-corrected chi connectivity index (χ4v) is 3.50. The van der Waals surface area contributed by atoms with E-state index in [0.717, 1.165) is 5.39 Å². The number of nitrogens with zero attached hydrogens (tertiary/aromatic N) is 2. The van der Waals surface area contributed by atoms with E-state index in [-0.39, 0.29) is 22.4 Å². The molecule has 0 saturated carbocycles. The van der Waals surface area contributed by atoms with Crippen LogP contribution in [0.1, 0.15) is 17.0 Å². The summed E-state index contributed by atoms with van der Waals surface area (Å²) in [5.74, 6) is 0.509. The largest absolute Gasteiger partial charge is 0.508 e. The first-order valence-electron chi connectivity index (χ1n) is 8.06. The molecule has 6 nitrogen and oxygen atoms in total. The maximum Gasteiger partial charge on any atom is 0.205 e. The Morgan fingerprint density at radius 1 is 1.22 bits per heavy atom. The number of phenols is 1. The lowest BCUT2D eigenvalue weighted by Crippen LogP contribution is -2.21. The summed E-state index contributed by atoms with van der Waals surface area (Å²) in [5, 5.41) is 20.5. The summed E-state index contributed by atoms with van der Waals surface area (Å²) >= 11 is 6.47. The van der Waals surface area contributed by atoms with E-state index in [9.17, 15) is 10.4 Å². The standard InChI is InChI=1S/C20H14ClN3O3/c1-26-12-3-5-16-10(6-12)7-14(19(21)24-16)18-13-4-2-11(25)8-17(13)27-20(23)15(18)9-22/h2-8,18,25H,23H2,1H3. The number of hydrogen-bond donors (Lipinski definition) is 2. The minimum Gasteiger partial charge on any atom is -0.508 e. The van der Waals surface area contributed by atoms with Crippen LogP contribution in [-0.2, 0) is 0 Å². The Hall–Kier alpha value is -3.43. The summed E-state index contributed by atoms with van der Waals surface area (Å²) in [6, 6.07) is 14.1. The van der Waals surface area contributed by atoms with Gasteiger partial charge in [-0.2, -0.15) is 5.26 Å². The van der Waals surface area contributed by atoms with E-state index in [1.807, 2.05) is 18.2 Å². The van der Waals surface area contributed by atoms with Crippen LogP contribution in [0.2, 0.25) is 5.15 Å². The zero-order chi connectivity index (χ0) is 19.1. The van der Waals surface area contributed by atoms with E-state index in [4.69, 9.17) is 26.8 Å². The molecule has 0 saturated heterocycles. The molecule has 27 heavy (non-hydrogen) atoms. The van der Waals surface area contributed by atoms with Crippen LogP contribution in [0.15, 0.2) is 53.9 Å². The van der Waals surface area contributed by atoms with Crippen LogP contribution in [0.3, 0.4) is 0 Å². The van der Waals surface area contributed by atoms with Gasteiger partial charge in [-0.3, -0.25) is 0 Å². The molecule has 1 aliphatic rings. The average Bonchev–Trinajstić information content (AvgIpc) is 2.66. The fourth-order valence-electron chi connectivity index (χ4n) is 3.24.